The molecule has 0 aromatic heterocycles. The molecule has 3 aromatic carbocycles. The Bertz CT molecular complexity index is 1210. The van der Waals surface area contributed by atoms with E-state index >= 15 is 0 Å². The largest absolute Gasteiger partial charge is 0.480 e. The number of carbonyl (C=O) groups excluding carboxylic acids is 1. The van der Waals surface area contributed by atoms with Crippen LogP contribution in [0.5, 0.6) is 5.75 Å². The van der Waals surface area contributed by atoms with Crippen LogP contribution in [0.25, 0.3) is 0 Å². The molecule has 0 aliphatic heterocycles. The number of alkyl halides is 2. The summed E-state index contributed by atoms with van der Waals surface area (Å²) in [6.07, 6.45) is -1.95. The third-order valence-electron chi connectivity index (χ3n) is 5.39. The van der Waals surface area contributed by atoms with Crippen LogP contribution in [-0.4, -0.2) is 17.1 Å². The van der Waals surface area contributed by atoms with Crippen LogP contribution in [0.3, 0.4) is 0 Å². The zero-order chi connectivity index (χ0) is 26.0. The number of rotatable bonds is 8. The molecule has 2 N–H and O–H groups in total. The number of amides is 1. The van der Waals surface area contributed by atoms with Crippen molar-refractivity contribution in [1.82, 2.24) is 0 Å². The Hall–Kier alpha value is -2.74. The molecular formula is C26H24Cl2F3NO3. The third-order valence-corrected chi connectivity index (χ3v) is 5.94. The molecule has 186 valence electrons. The minimum Gasteiger partial charge on any atom is -0.480 e. The minimum absolute atomic E-state index is 0.0337. The van der Waals surface area contributed by atoms with Crippen LogP contribution in [0, 0.1) is 5.82 Å². The summed E-state index contributed by atoms with van der Waals surface area (Å²) in [7, 11) is 0. The van der Waals surface area contributed by atoms with Gasteiger partial charge in [-0.2, -0.15) is 8.78 Å². The van der Waals surface area contributed by atoms with Gasteiger partial charge in [0.1, 0.15) is 11.7 Å². The van der Waals surface area contributed by atoms with E-state index in [2.05, 4.69) is 5.32 Å². The first-order valence-electron chi connectivity index (χ1n) is 10.7. The topological polar surface area (TPSA) is 58.6 Å². The molecule has 1 amide bonds. The van der Waals surface area contributed by atoms with Crippen LogP contribution in [0.1, 0.15) is 37.5 Å². The second-order valence-corrected chi connectivity index (χ2v) is 9.45. The second-order valence-electron chi connectivity index (χ2n) is 8.60. The van der Waals surface area contributed by atoms with Crippen molar-refractivity contribution < 1.29 is 27.8 Å². The molecule has 9 heteroatoms. The van der Waals surface area contributed by atoms with Crippen LogP contribution in [0.15, 0.2) is 60.7 Å². The number of nitrogens with one attached hydrogen (secondary N) is 1. The minimum atomic E-state index is -3.39. The zero-order valence-electron chi connectivity index (χ0n) is 19.2. The first-order valence-corrected chi connectivity index (χ1v) is 11.4. The molecule has 0 saturated heterocycles. The van der Waals surface area contributed by atoms with Gasteiger partial charge in [0.2, 0.25) is 5.91 Å². The van der Waals surface area contributed by atoms with Gasteiger partial charge in [0.05, 0.1) is 6.42 Å². The van der Waals surface area contributed by atoms with Gasteiger partial charge >= 0.3 is 0 Å². The number of carbonyl (C=O) groups is 1. The van der Waals surface area contributed by atoms with Gasteiger partial charge in [0.25, 0.3) is 5.92 Å². The normalized spacial score (nSPS) is 12.8. The fraction of sp³-hybridized carbons (Fsp3) is 0.269. The lowest BCUT2D eigenvalue weighted by atomic mass is 9.98. The maximum Gasteiger partial charge on any atom is 0.298 e. The molecule has 35 heavy (non-hydrogen) atoms. The molecular weight excluding hydrogens is 502 g/mol. The lowest BCUT2D eigenvalue weighted by Gasteiger charge is -2.28. The number of aliphatic hydroxyl groups excluding tert-OH is 1. The van der Waals surface area contributed by atoms with E-state index in [1.807, 2.05) is 0 Å². The standard InChI is InChI=1S/C26H24Cl2F3NO3/c1-15(33)26(30,31)17-6-4-16(5-7-17)12-24(34)32-19-9-11-23(22(29)14-19)35-25(2,3)20-10-8-18(27)13-21(20)28/h4-11,13-15,33H,12H2,1-3H3,(H,32,34). The lowest BCUT2D eigenvalue weighted by Crippen LogP contribution is -2.27. The molecule has 0 radical (unpaired) electrons. The van der Waals surface area contributed by atoms with Crippen molar-refractivity contribution in [2.75, 3.05) is 5.32 Å². The van der Waals surface area contributed by atoms with Gasteiger partial charge in [-0.25, -0.2) is 4.39 Å². The number of halogens is 5. The Morgan fingerprint density at radius 3 is 2.29 bits per heavy atom. The van der Waals surface area contributed by atoms with Crippen molar-refractivity contribution in [3.8, 4) is 5.75 Å². The molecule has 0 heterocycles. The summed E-state index contributed by atoms with van der Waals surface area (Å²) in [4.78, 5) is 12.4. The zero-order valence-corrected chi connectivity index (χ0v) is 20.7. The summed E-state index contributed by atoms with van der Waals surface area (Å²) in [6, 6.07) is 14.0. The molecule has 4 nitrogen and oxygen atoms in total. The number of ether oxygens (including phenoxy) is 1. The average Bonchev–Trinajstić information content (AvgIpc) is 2.75. The maximum absolute atomic E-state index is 14.7. The van der Waals surface area contributed by atoms with Crippen LogP contribution < -0.4 is 10.1 Å². The van der Waals surface area contributed by atoms with E-state index in [0.717, 1.165) is 25.1 Å². The fourth-order valence-corrected chi connectivity index (χ4v) is 4.08. The van der Waals surface area contributed by atoms with Gasteiger partial charge in [0.15, 0.2) is 11.6 Å². The van der Waals surface area contributed by atoms with Gasteiger partial charge in [-0.15, -0.1) is 0 Å². The quantitative estimate of drug-likeness (QED) is 0.329. The highest BCUT2D eigenvalue weighted by atomic mass is 35.5. The molecule has 0 aliphatic carbocycles. The summed E-state index contributed by atoms with van der Waals surface area (Å²) >= 11 is 12.2. The van der Waals surface area contributed by atoms with Gasteiger partial charge in [-0.3, -0.25) is 4.79 Å². The van der Waals surface area contributed by atoms with E-state index in [1.165, 1.54) is 24.3 Å². The molecule has 1 atom stereocenters. The number of anilines is 1. The van der Waals surface area contributed by atoms with Gasteiger partial charge in [-0.1, -0.05) is 53.5 Å². The Labute approximate surface area is 211 Å². The summed E-state index contributed by atoms with van der Waals surface area (Å²) in [5, 5.41) is 12.7. The first-order chi connectivity index (χ1) is 16.3. The number of hydrogen-bond donors (Lipinski definition) is 2. The van der Waals surface area contributed by atoms with E-state index in [4.69, 9.17) is 27.9 Å². The molecule has 0 saturated carbocycles. The van der Waals surface area contributed by atoms with Crippen molar-refractivity contribution in [2.45, 2.75) is 44.8 Å². The van der Waals surface area contributed by atoms with Crippen LogP contribution in [0.4, 0.5) is 18.9 Å². The molecule has 3 aromatic rings. The smallest absolute Gasteiger partial charge is 0.298 e. The Morgan fingerprint density at radius 2 is 1.71 bits per heavy atom. The number of benzene rings is 3. The predicted molar refractivity (Wildman–Crippen MR) is 131 cm³/mol. The highest BCUT2D eigenvalue weighted by molar-refractivity contribution is 6.35. The van der Waals surface area contributed by atoms with Crippen molar-refractivity contribution in [3.63, 3.8) is 0 Å². The van der Waals surface area contributed by atoms with Crippen molar-refractivity contribution in [1.29, 1.82) is 0 Å². The molecule has 0 spiro atoms. The van der Waals surface area contributed by atoms with Gasteiger partial charge in [-0.05, 0) is 50.6 Å². The van der Waals surface area contributed by atoms with Gasteiger partial charge < -0.3 is 15.2 Å². The van der Waals surface area contributed by atoms with Crippen molar-refractivity contribution >= 4 is 34.8 Å². The third kappa shape index (κ3) is 6.48. The fourth-order valence-electron chi connectivity index (χ4n) is 3.45. The van der Waals surface area contributed by atoms with Crippen LogP contribution in [0.2, 0.25) is 10.0 Å². The van der Waals surface area contributed by atoms with Crippen molar-refractivity contribution in [3.05, 3.63) is 93.2 Å². The van der Waals surface area contributed by atoms with E-state index < -0.39 is 29.4 Å². The Morgan fingerprint density at radius 1 is 1.06 bits per heavy atom. The first kappa shape index (κ1) is 26.9. The summed E-state index contributed by atoms with van der Waals surface area (Å²) in [6.45, 7) is 4.48. The SMILES string of the molecule is CC(O)C(F)(F)c1ccc(CC(=O)Nc2ccc(OC(C)(C)c3ccc(Cl)cc3Cl)c(F)c2)cc1. The summed E-state index contributed by atoms with van der Waals surface area (Å²) < 4.78 is 48.4. The van der Waals surface area contributed by atoms with Crippen molar-refractivity contribution in [2.24, 2.45) is 0 Å². The van der Waals surface area contributed by atoms with E-state index in [9.17, 15) is 23.1 Å². The number of hydrogen-bond acceptors (Lipinski definition) is 3. The second kappa shape index (κ2) is 10.5. The Balaban J connectivity index is 1.66. The monoisotopic (exact) mass is 525 g/mol. The van der Waals surface area contributed by atoms with Crippen LogP contribution in [-0.2, 0) is 22.7 Å². The molecule has 1 unspecified atom stereocenters. The van der Waals surface area contributed by atoms with E-state index in [1.54, 1.807) is 32.0 Å². The maximum atomic E-state index is 14.7. The summed E-state index contributed by atoms with van der Waals surface area (Å²) in [5.74, 6) is -4.57. The highest BCUT2D eigenvalue weighted by Gasteiger charge is 2.37. The molecule has 0 fully saturated rings. The molecule has 3 rings (SSSR count). The summed E-state index contributed by atoms with van der Waals surface area (Å²) in [5.41, 5.74) is -0.00633. The number of aliphatic hydroxyl groups is 1. The van der Waals surface area contributed by atoms with E-state index in [0.29, 0.717) is 21.2 Å². The average molecular weight is 526 g/mol. The van der Waals surface area contributed by atoms with Gasteiger partial charge in [0, 0.05) is 32.9 Å². The lowest BCUT2D eigenvalue weighted by molar-refractivity contribution is -0.115. The molecule has 0 bridgehead atoms. The van der Waals surface area contributed by atoms with Crippen LogP contribution >= 0.6 is 23.2 Å². The predicted octanol–water partition coefficient (Wildman–Crippen LogP) is 7.10. The Kier molecular flexibility index (Phi) is 8.04. The van der Waals surface area contributed by atoms with E-state index in [-0.39, 0.29) is 23.4 Å². The molecule has 0 aliphatic rings. The highest BCUT2D eigenvalue weighted by Crippen LogP contribution is 2.35.